The predicted molar refractivity (Wildman–Crippen MR) is 53.6 cm³/mol. The molecule has 1 heterocycles. The van der Waals surface area contributed by atoms with Crippen molar-refractivity contribution in [3.8, 4) is 0 Å². The quantitative estimate of drug-likeness (QED) is 0.559. The molecule has 0 saturated carbocycles. The van der Waals surface area contributed by atoms with Crippen molar-refractivity contribution in [1.82, 2.24) is 9.80 Å². The van der Waals surface area contributed by atoms with Gasteiger partial charge >= 0.3 is 0 Å². The molecule has 1 aliphatic heterocycles. The first-order valence-electron chi connectivity index (χ1n) is 4.83. The average Bonchev–Trinajstić information content (AvgIpc) is 1.94. The summed E-state index contributed by atoms with van der Waals surface area (Å²) in [5, 5.41) is 0. The molecule has 0 aromatic heterocycles. The summed E-state index contributed by atoms with van der Waals surface area (Å²) in [5.41, 5.74) is 0.0936. The monoisotopic (exact) mass is 184 g/mol. The average molecular weight is 184 g/mol. The maximum atomic E-state index is 11.5. The second-order valence-corrected chi connectivity index (χ2v) is 4.92. The van der Waals surface area contributed by atoms with Crippen molar-refractivity contribution < 1.29 is 4.79 Å². The van der Waals surface area contributed by atoms with Crippen LogP contribution in [0.3, 0.4) is 0 Å². The van der Waals surface area contributed by atoms with Gasteiger partial charge in [-0.1, -0.05) is 0 Å². The predicted octanol–water partition coefficient (Wildman–Crippen LogP) is 0.947. The van der Waals surface area contributed by atoms with Crippen LogP contribution in [0.25, 0.3) is 0 Å². The van der Waals surface area contributed by atoms with Gasteiger partial charge < -0.3 is 4.90 Å². The maximum absolute atomic E-state index is 11.5. The normalized spacial score (nSPS) is 26.7. The Morgan fingerprint density at radius 2 is 1.92 bits per heavy atom. The minimum Gasteiger partial charge on any atom is -0.343 e. The van der Waals surface area contributed by atoms with E-state index in [1.807, 2.05) is 11.9 Å². The van der Waals surface area contributed by atoms with E-state index in [2.05, 4.69) is 32.6 Å². The van der Waals surface area contributed by atoms with Gasteiger partial charge in [0.05, 0.1) is 6.54 Å². The number of hydrogen-bond acceptors (Lipinski definition) is 2. The lowest BCUT2D eigenvalue weighted by atomic mass is 10.0. The van der Waals surface area contributed by atoms with Gasteiger partial charge in [0.1, 0.15) is 0 Å². The Hall–Kier alpha value is -0.570. The lowest BCUT2D eigenvalue weighted by Crippen LogP contribution is -2.59. The highest BCUT2D eigenvalue weighted by Gasteiger charge is 2.33. The zero-order chi connectivity index (χ0) is 10.2. The summed E-state index contributed by atoms with van der Waals surface area (Å²) in [7, 11) is 1.87. The number of nitrogens with zero attached hydrogens (tertiary/aromatic N) is 2. The minimum absolute atomic E-state index is 0.0936. The Morgan fingerprint density at radius 3 is 2.38 bits per heavy atom. The fourth-order valence-corrected chi connectivity index (χ4v) is 1.92. The van der Waals surface area contributed by atoms with Gasteiger partial charge in [0.25, 0.3) is 0 Å². The van der Waals surface area contributed by atoms with Crippen LogP contribution >= 0.6 is 0 Å². The van der Waals surface area contributed by atoms with Crippen molar-refractivity contribution >= 4 is 5.91 Å². The zero-order valence-electron chi connectivity index (χ0n) is 9.29. The summed E-state index contributed by atoms with van der Waals surface area (Å²) in [5.74, 6) is 0.230. The molecule has 0 spiro atoms. The van der Waals surface area contributed by atoms with Crippen LogP contribution in [0.1, 0.15) is 27.7 Å². The molecule has 0 aromatic carbocycles. The van der Waals surface area contributed by atoms with Crippen molar-refractivity contribution in [2.24, 2.45) is 0 Å². The highest BCUT2D eigenvalue weighted by molar-refractivity contribution is 5.79. The van der Waals surface area contributed by atoms with E-state index < -0.39 is 0 Å². The van der Waals surface area contributed by atoms with E-state index in [0.717, 1.165) is 6.54 Å². The Labute approximate surface area is 80.7 Å². The molecule has 1 amide bonds. The summed E-state index contributed by atoms with van der Waals surface area (Å²) in [6.07, 6.45) is 0. The van der Waals surface area contributed by atoms with E-state index in [4.69, 9.17) is 0 Å². The van der Waals surface area contributed by atoms with E-state index in [1.54, 1.807) is 0 Å². The second kappa shape index (κ2) is 3.29. The molecule has 1 rings (SSSR count). The second-order valence-electron chi connectivity index (χ2n) is 4.92. The van der Waals surface area contributed by atoms with E-state index in [-0.39, 0.29) is 11.4 Å². The molecule has 1 fully saturated rings. The lowest BCUT2D eigenvalue weighted by molar-refractivity contribution is -0.139. The molecular formula is C10H20N2O. The van der Waals surface area contributed by atoms with Gasteiger partial charge in [0.15, 0.2) is 0 Å². The Kier molecular flexibility index (Phi) is 2.66. The van der Waals surface area contributed by atoms with Crippen LogP contribution in [-0.2, 0) is 4.79 Å². The highest BCUT2D eigenvalue weighted by atomic mass is 16.2. The number of rotatable bonds is 0. The van der Waals surface area contributed by atoms with E-state index in [9.17, 15) is 4.79 Å². The fourth-order valence-electron chi connectivity index (χ4n) is 1.92. The van der Waals surface area contributed by atoms with Crippen molar-refractivity contribution in [1.29, 1.82) is 0 Å². The molecule has 76 valence electrons. The molecule has 1 aliphatic rings. The number of carbonyl (C=O) groups excluding carboxylic acids is 1. The molecule has 0 bridgehead atoms. The summed E-state index contributed by atoms with van der Waals surface area (Å²) < 4.78 is 0. The van der Waals surface area contributed by atoms with E-state index in [1.165, 1.54) is 0 Å². The van der Waals surface area contributed by atoms with Crippen molar-refractivity contribution in [2.45, 2.75) is 39.3 Å². The standard InChI is InChI=1S/C10H20N2O/c1-8-6-11(5)9(13)7-12(8)10(2,3)4/h8H,6-7H2,1-5H3. The summed E-state index contributed by atoms with van der Waals surface area (Å²) in [6.45, 7) is 10.0. The first-order valence-corrected chi connectivity index (χ1v) is 4.83. The smallest absolute Gasteiger partial charge is 0.236 e. The molecule has 0 radical (unpaired) electrons. The summed E-state index contributed by atoms with van der Waals surface area (Å²) >= 11 is 0. The number of amides is 1. The van der Waals surface area contributed by atoms with Gasteiger partial charge in [-0.25, -0.2) is 0 Å². The molecule has 0 N–H and O–H groups in total. The van der Waals surface area contributed by atoms with Gasteiger partial charge in [0.2, 0.25) is 5.91 Å². The first-order chi connectivity index (χ1) is 5.82. The van der Waals surface area contributed by atoms with Gasteiger partial charge in [-0.3, -0.25) is 9.69 Å². The molecule has 13 heavy (non-hydrogen) atoms. The third kappa shape index (κ3) is 2.21. The van der Waals surface area contributed by atoms with Crippen LogP contribution < -0.4 is 0 Å². The van der Waals surface area contributed by atoms with Crippen molar-refractivity contribution in [3.05, 3.63) is 0 Å². The van der Waals surface area contributed by atoms with Crippen LogP contribution in [0, 0.1) is 0 Å². The number of likely N-dealkylation sites (N-methyl/N-ethyl adjacent to an activating group) is 1. The third-order valence-corrected chi connectivity index (χ3v) is 2.66. The maximum Gasteiger partial charge on any atom is 0.236 e. The molecule has 3 heteroatoms. The van der Waals surface area contributed by atoms with Crippen molar-refractivity contribution in [2.75, 3.05) is 20.1 Å². The van der Waals surface area contributed by atoms with Crippen LogP contribution in [-0.4, -0.2) is 47.4 Å². The van der Waals surface area contributed by atoms with Gasteiger partial charge in [0, 0.05) is 25.2 Å². The largest absolute Gasteiger partial charge is 0.343 e. The van der Waals surface area contributed by atoms with Crippen LogP contribution in [0.15, 0.2) is 0 Å². The molecule has 0 aliphatic carbocycles. The van der Waals surface area contributed by atoms with Gasteiger partial charge in [-0.05, 0) is 27.7 Å². The molecule has 3 nitrogen and oxygen atoms in total. The van der Waals surface area contributed by atoms with E-state index in [0.29, 0.717) is 12.6 Å². The molecule has 1 atom stereocenters. The fraction of sp³-hybridized carbons (Fsp3) is 0.900. The van der Waals surface area contributed by atoms with Crippen LogP contribution in [0.4, 0.5) is 0 Å². The molecule has 1 saturated heterocycles. The van der Waals surface area contributed by atoms with E-state index >= 15 is 0 Å². The SMILES string of the molecule is CC1CN(C)C(=O)CN1C(C)(C)C. The summed E-state index contributed by atoms with van der Waals surface area (Å²) in [6, 6.07) is 0.461. The van der Waals surface area contributed by atoms with Crippen LogP contribution in [0.2, 0.25) is 0 Å². The third-order valence-electron chi connectivity index (χ3n) is 2.66. The molecular weight excluding hydrogens is 164 g/mol. The Balaban J connectivity index is 2.73. The van der Waals surface area contributed by atoms with Crippen molar-refractivity contribution in [3.63, 3.8) is 0 Å². The van der Waals surface area contributed by atoms with Gasteiger partial charge in [-0.2, -0.15) is 0 Å². The highest BCUT2D eigenvalue weighted by Crippen LogP contribution is 2.20. The minimum atomic E-state index is 0.0936. The number of piperazine rings is 1. The molecule has 0 aromatic rings. The Bertz CT molecular complexity index is 207. The molecule has 1 unspecified atom stereocenters. The van der Waals surface area contributed by atoms with Gasteiger partial charge in [-0.15, -0.1) is 0 Å². The van der Waals surface area contributed by atoms with Crippen LogP contribution in [0.5, 0.6) is 0 Å². The Morgan fingerprint density at radius 1 is 1.38 bits per heavy atom. The topological polar surface area (TPSA) is 23.6 Å². The first kappa shape index (κ1) is 10.5. The number of carbonyl (C=O) groups is 1. The zero-order valence-corrected chi connectivity index (χ0v) is 9.29. The lowest BCUT2D eigenvalue weighted by Gasteiger charge is -2.45. The number of hydrogen-bond donors (Lipinski definition) is 0. The summed E-state index contributed by atoms with van der Waals surface area (Å²) in [4.78, 5) is 15.6.